The second-order valence-corrected chi connectivity index (χ2v) is 10.1. The number of aliphatic hydroxyl groups excluding tert-OH is 1. The molecule has 3 N–H and O–H groups in total. The monoisotopic (exact) mass is 493 g/mol. The molecule has 0 radical (unpaired) electrons. The summed E-state index contributed by atoms with van der Waals surface area (Å²) in [6, 6.07) is 7.72. The average Bonchev–Trinajstić information content (AvgIpc) is 2.82. The number of nitrogens with zero attached hydrogens (tertiary/aromatic N) is 2. The summed E-state index contributed by atoms with van der Waals surface area (Å²) in [7, 11) is -3.59. The summed E-state index contributed by atoms with van der Waals surface area (Å²) in [4.78, 5) is 18.1. The lowest BCUT2D eigenvalue weighted by atomic mass is 10.0. The molecule has 1 aromatic heterocycles. The van der Waals surface area contributed by atoms with Crippen molar-refractivity contribution in [1.82, 2.24) is 10.3 Å². The number of rotatable bonds is 10. The van der Waals surface area contributed by atoms with Crippen LogP contribution < -0.4 is 15.0 Å². The van der Waals surface area contributed by atoms with Crippen LogP contribution in [0, 0.1) is 0 Å². The van der Waals surface area contributed by atoms with Crippen molar-refractivity contribution in [3.63, 3.8) is 0 Å². The molecule has 10 nitrogen and oxygen atoms in total. The molecule has 1 aliphatic rings. The zero-order valence-electron chi connectivity index (χ0n) is 19.3. The number of benzene rings is 1. The number of aromatic hydroxyl groups is 1. The summed E-state index contributed by atoms with van der Waals surface area (Å²) in [6.45, 7) is 3.97. The maximum Gasteiger partial charge on any atom is 0.339 e. The highest BCUT2D eigenvalue weighted by Crippen LogP contribution is 2.27. The van der Waals surface area contributed by atoms with Gasteiger partial charge in [-0.25, -0.2) is 18.2 Å². The number of aromatic nitrogens is 1. The van der Waals surface area contributed by atoms with Crippen LogP contribution in [0.15, 0.2) is 41.4 Å². The van der Waals surface area contributed by atoms with Gasteiger partial charge in [0.25, 0.3) is 0 Å². The Hall–Kier alpha value is -2.89. The summed E-state index contributed by atoms with van der Waals surface area (Å²) < 4.78 is 33.9. The van der Waals surface area contributed by atoms with Gasteiger partial charge in [-0.2, -0.15) is 0 Å². The van der Waals surface area contributed by atoms with Gasteiger partial charge in [-0.05, 0) is 44.0 Å². The minimum atomic E-state index is -3.59. The first-order valence-corrected chi connectivity index (χ1v) is 13.0. The Morgan fingerprint density at radius 2 is 2.00 bits per heavy atom. The van der Waals surface area contributed by atoms with E-state index in [9.17, 15) is 23.4 Å². The van der Waals surface area contributed by atoms with E-state index < -0.39 is 15.9 Å². The molecule has 11 heteroatoms. The van der Waals surface area contributed by atoms with Gasteiger partial charge in [0.1, 0.15) is 34.9 Å². The fraction of sp³-hybridized carbons (Fsp3) is 0.478. The zero-order chi connectivity index (χ0) is 24.7. The van der Waals surface area contributed by atoms with Crippen LogP contribution in [0.5, 0.6) is 11.5 Å². The number of ether oxygens (including phenoxy) is 2. The second-order valence-electron chi connectivity index (χ2n) is 8.16. The predicted molar refractivity (Wildman–Crippen MR) is 126 cm³/mol. The lowest BCUT2D eigenvalue weighted by Crippen LogP contribution is -2.45. The van der Waals surface area contributed by atoms with E-state index in [1.807, 2.05) is 6.07 Å². The number of esters is 1. The second kappa shape index (κ2) is 11.5. The van der Waals surface area contributed by atoms with E-state index >= 15 is 0 Å². The van der Waals surface area contributed by atoms with Crippen molar-refractivity contribution >= 4 is 21.6 Å². The number of carbonyl (C=O) groups excluding carboxylic acids is 1. The van der Waals surface area contributed by atoms with E-state index in [-0.39, 0.29) is 35.0 Å². The first-order chi connectivity index (χ1) is 16.2. The van der Waals surface area contributed by atoms with Crippen molar-refractivity contribution in [2.24, 2.45) is 0 Å². The quantitative estimate of drug-likeness (QED) is 0.416. The third-order valence-corrected chi connectivity index (χ3v) is 6.62. The summed E-state index contributed by atoms with van der Waals surface area (Å²) in [6.07, 6.45) is 3.48. The molecule has 1 atom stereocenters. The molecule has 0 amide bonds. The maximum absolute atomic E-state index is 11.7. The van der Waals surface area contributed by atoms with E-state index in [1.54, 1.807) is 13.0 Å². The van der Waals surface area contributed by atoms with Crippen molar-refractivity contribution < 1.29 is 32.9 Å². The first kappa shape index (κ1) is 25.7. The molecule has 1 fully saturated rings. The van der Waals surface area contributed by atoms with Crippen molar-refractivity contribution in [3.05, 3.63) is 42.1 Å². The molecule has 0 bridgehead atoms. The predicted octanol–water partition coefficient (Wildman–Crippen LogP) is 1.37. The molecule has 0 saturated carbocycles. The number of hydrogen-bond donors (Lipinski definition) is 3. The molecule has 0 aliphatic carbocycles. The molecule has 34 heavy (non-hydrogen) atoms. The number of anilines is 1. The molecular formula is C23H31N3O7S. The highest BCUT2D eigenvalue weighted by molar-refractivity contribution is 7.90. The van der Waals surface area contributed by atoms with Crippen LogP contribution in [0.4, 0.5) is 5.82 Å². The SMILES string of the molecule is CCOC(=O)c1ccc(N2CCC(NCC(O)COc3ccc(O)c(S(C)(=O)=O)c3)CC2)nc1. The molecule has 2 aromatic rings. The van der Waals surface area contributed by atoms with Crippen LogP contribution in [0.2, 0.25) is 0 Å². The minimum Gasteiger partial charge on any atom is -0.507 e. The van der Waals surface area contributed by atoms with Gasteiger partial charge in [0.2, 0.25) is 0 Å². The lowest BCUT2D eigenvalue weighted by molar-refractivity contribution is 0.0526. The molecule has 1 aliphatic heterocycles. The largest absolute Gasteiger partial charge is 0.507 e. The molecule has 1 saturated heterocycles. The summed E-state index contributed by atoms with van der Waals surface area (Å²) >= 11 is 0. The molecule has 186 valence electrons. The fourth-order valence-electron chi connectivity index (χ4n) is 3.66. The third-order valence-electron chi connectivity index (χ3n) is 5.49. The van der Waals surface area contributed by atoms with Crippen LogP contribution in [0.3, 0.4) is 0 Å². The van der Waals surface area contributed by atoms with Crippen molar-refractivity contribution in [2.75, 3.05) is 44.0 Å². The smallest absolute Gasteiger partial charge is 0.339 e. The minimum absolute atomic E-state index is 0.0173. The van der Waals surface area contributed by atoms with E-state index in [2.05, 4.69) is 15.2 Å². The first-order valence-electron chi connectivity index (χ1n) is 11.1. The fourth-order valence-corrected chi connectivity index (χ4v) is 4.43. The Morgan fingerprint density at radius 1 is 1.26 bits per heavy atom. The Labute approximate surface area is 199 Å². The molecular weight excluding hydrogens is 462 g/mol. The number of phenols is 1. The normalized spacial score (nSPS) is 15.7. The Kier molecular flexibility index (Phi) is 8.70. The van der Waals surface area contributed by atoms with Gasteiger partial charge < -0.3 is 29.9 Å². The maximum atomic E-state index is 11.7. The van der Waals surface area contributed by atoms with Crippen LogP contribution in [-0.4, -0.2) is 80.8 Å². The number of aliphatic hydroxyl groups is 1. The molecule has 3 rings (SSSR count). The zero-order valence-corrected chi connectivity index (χ0v) is 20.1. The van der Waals surface area contributed by atoms with E-state index in [0.717, 1.165) is 38.0 Å². The summed E-state index contributed by atoms with van der Waals surface area (Å²) in [5.41, 5.74) is 0.429. The van der Waals surface area contributed by atoms with Crippen LogP contribution in [0.1, 0.15) is 30.1 Å². The molecule has 2 heterocycles. The number of sulfone groups is 1. The highest BCUT2D eigenvalue weighted by Gasteiger charge is 2.21. The van der Waals surface area contributed by atoms with Crippen molar-refractivity contribution in [2.45, 2.75) is 36.8 Å². The number of piperidine rings is 1. The molecule has 1 unspecified atom stereocenters. The Balaban J connectivity index is 1.41. The number of nitrogens with one attached hydrogen (secondary N) is 1. The standard InChI is InChI=1S/C23H31N3O7S/c1-3-32-23(29)16-4-7-22(25-13-16)26-10-8-17(9-11-26)24-14-18(27)15-33-19-5-6-20(28)21(12-19)34(2,30)31/h4-7,12-13,17-18,24,27-28H,3,8-11,14-15H2,1-2H3. The molecule has 1 aromatic carbocycles. The lowest BCUT2D eigenvalue weighted by Gasteiger charge is -2.33. The number of carbonyl (C=O) groups is 1. The highest BCUT2D eigenvalue weighted by atomic mass is 32.2. The number of hydrogen-bond acceptors (Lipinski definition) is 10. The van der Waals surface area contributed by atoms with Crippen molar-refractivity contribution in [1.29, 1.82) is 0 Å². The Morgan fingerprint density at radius 3 is 2.62 bits per heavy atom. The number of pyridine rings is 1. The van der Waals surface area contributed by atoms with Gasteiger partial charge in [-0.15, -0.1) is 0 Å². The van der Waals surface area contributed by atoms with Gasteiger partial charge >= 0.3 is 5.97 Å². The third kappa shape index (κ3) is 7.05. The van der Waals surface area contributed by atoms with E-state index in [0.29, 0.717) is 18.7 Å². The van der Waals surface area contributed by atoms with Gasteiger partial charge in [0.05, 0.1) is 12.2 Å². The van der Waals surface area contributed by atoms with E-state index in [1.165, 1.54) is 24.4 Å². The van der Waals surface area contributed by atoms with Gasteiger partial charge in [-0.1, -0.05) is 0 Å². The van der Waals surface area contributed by atoms with Gasteiger partial charge in [0.15, 0.2) is 9.84 Å². The van der Waals surface area contributed by atoms with E-state index in [4.69, 9.17) is 9.47 Å². The summed E-state index contributed by atoms with van der Waals surface area (Å²) in [5, 5.41) is 23.3. The number of phenolic OH excluding ortho intramolecular Hbond substituents is 1. The molecule has 0 spiro atoms. The Bertz CT molecular complexity index is 1070. The van der Waals surface area contributed by atoms with Crippen molar-refractivity contribution in [3.8, 4) is 11.5 Å². The van der Waals surface area contributed by atoms with Gasteiger partial charge in [-0.3, -0.25) is 0 Å². The van der Waals surface area contributed by atoms with Crippen LogP contribution in [0.25, 0.3) is 0 Å². The van der Waals surface area contributed by atoms with Crippen LogP contribution in [-0.2, 0) is 14.6 Å². The van der Waals surface area contributed by atoms with Gasteiger partial charge in [0, 0.05) is 44.2 Å². The summed E-state index contributed by atoms with van der Waals surface area (Å²) in [5.74, 6) is 0.344. The topological polar surface area (TPSA) is 138 Å². The average molecular weight is 494 g/mol. The van der Waals surface area contributed by atoms with Crippen LogP contribution >= 0.6 is 0 Å².